The van der Waals surface area contributed by atoms with Crippen LogP contribution in [0.3, 0.4) is 0 Å². The molecule has 3 aromatic rings. The third-order valence-corrected chi connectivity index (χ3v) is 6.88. The summed E-state index contributed by atoms with van der Waals surface area (Å²) in [6.45, 7) is 4.51. The lowest BCUT2D eigenvalue weighted by Gasteiger charge is -2.34. The van der Waals surface area contributed by atoms with Crippen molar-refractivity contribution in [1.82, 2.24) is 10.2 Å². The molecule has 0 bridgehead atoms. The topological polar surface area (TPSA) is 75.7 Å². The summed E-state index contributed by atoms with van der Waals surface area (Å²) in [4.78, 5) is 40.7. The van der Waals surface area contributed by atoms with Gasteiger partial charge in [0.2, 0.25) is 5.91 Å². The first-order chi connectivity index (χ1) is 18.4. The summed E-state index contributed by atoms with van der Waals surface area (Å²) < 4.78 is 5.37. The Morgan fingerprint density at radius 1 is 1.00 bits per heavy atom. The van der Waals surface area contributed by atoms with Gasteiger partial charge in [0.05, 0.1) is 18.7 Å². The number of esters is 1. The molecule has 7 heteroatoms. The number of hydrogen-bond donors (Lipinski definition) is 1. The van der Waals surface area contributed by atoms with Crippen LogP contribution in [0.4, 0.5) is 0 Å². The smallest absolute Gasteiger partial charge is 0.336 e. The molecule has 0 fully saturated rings. The molecule has 1 N–H and O–H groups in total. The second-order valence-corrected chi connectivity index (χ2v) is 9.64. The number of amides is 2. The highest BCUT2D eigenvalue weighted by Crippen LogP contribution is 2.38. The molecule has 1 heterocycles. The molecule has 1 atom stereocenters. The Labute approximate surface area is 228 Å². The Hall–Kier alpha value is -3.90. The van der Waals surface area contributed by atoms with Crippen LogP contribution < -0.4 is 5.32 Å². The Morgan fingerprint density at radius 2 is 1.74 bits per heavy atom. The fourth-order valence-electron chi connectivity index (χ4n) is 4.75. The number of hydrogen-bond acceptors (Lipinski definition) is 4. The van der Waals surface area contributed by atoms with E-state index in [-0.39, 0.29) is 31.4 Å². The van der Waals surface area contributed by atoms with Crippen LogP contribution in [-0.2, 0) is 27.3 Å². The summed E-state index contributed by atoms with van der Waals surface area (Å²) in [5.41, 5.74) is 4.25. The fourth-order valence-corrected chi connectivity index (χ4v) is 4.94. The van der Waals surface area contributed by atoms with Gasteiger partial charge in [0.1, 0.15) is 0 Å². The molecule has 4 rings (SSSR count). The van der Waals surface area contributed by atoms with E-state index in [1.54, 1.807) is 49.1 Å². The predicted octanol–water partition coefficient (Wildman–Crippen LogP) is 5.67. The van der Waals surface area contributed by atoms with Crippen LogP contribution in [-0.4, -0.2) is 35.8 Å². The van der Waals surface area contributed by atoms with Gasteiger partial charge in [0.15, 0.2) is 0 Å². The van der Waals surface area contributed by atoms with E-state index in [0.717, 1.165) is 23.1 Å². The second kappa shape index (κ2) is 12.6. The van der Waals surface area contributed by atoms with E-state index >= 15 is 0 Å². The standard InChI is InChI=1S/C31H31ClN2O4/c1-3-38-31(37)29-21(2)34(28(35)19-27(29)24-12-8-14-26(32)18-24)20-23-11-7-13-25(17-23)30(36)33-16-15-22-9-5-4-6-10-22/h4-14,17-18,27H,3,15-16,19-20H2,1-2H3,(H,33,36). The largest absolute Gasteiger partial charge is 0.463 e. The van der Waals surface area contributed by atoms with Gasteiger partial charge < -0.3 is 15.0 Å². The monoisotopic (exact) mass is 530 g/mol. The van der Waals surface area contributed by atoms with E-state index in [2.05, 4.69) is 5.32 Å². The lowest BCUT2D eigenvalue weighted by Crippen LogP contribution is -2.38. The van der Waals surface area contributed by atoms with Gasteiger partial charge in [0, 0.05) is 35.2 Å². The summed E-state index contributed by atoms with van der Waals surface area (Å²) in [7, 11) is 0. The number of carbonyl (C=O) groups is 3. The second-order valence-electron chi connectivity index (χ2n) is 9.20. The molecule has 3 aromatic carbocycles. The molecule has 6 nitrogen and oxygen atoms in total. The van der Waals surface area contributed by atoms with Crippen LogP contribution in [0.25, 0.3) is 0 Å². The average Bonchev–Trinajstić information content (AvgIpc) is 2.91. The first-order valence-corrected chi connectivity index (χ1v) is 13.1. The fraction of sp³-hybridized carbons (Fsp3) is 0.258. The molecular weight excluding hydrogens is 500 g/mol. The molecule has 1 unspecified atom stereocenters. The molecule has 0 aliphatic carbocycles. The minimum absolute atomic E-state index is 0.113. The molecule has 38 heavy (non-hydrogen) atoms. The molecule has 0 saturated carbocycles. The molecular formula is C31H31ClN2O4. The van der Waals surface area contributed by atoms with E-state index in [4.69, 9.17) is 16.3 Å². The molecule has 0 saturated heterocycles. The van der Waals surface area contributed by atoms with Crippen LogP contribution in [0.1, 0.15) is 53.2 Å². The van der Waals surface area contributed by atoms with E-state index in [1.165, 1.54) is 0 Å². The van der Waals surface area contributed by atoms with Gasteiger partial charge in [-0.25, -0.2) is 4.79 Å². The highest BCUT2D eigenvalue weighted by Gasteiger charge is 2.37. The molecule has 0 radical (unpaired) electrons. The van der Waals surface area contributed by atoms with Crippen molar-refractivity contribution in [3.63, 3.8) is 0 Å². The Morgan fingerprint density at radius 3 is 2.47 bits per heavy atom. The minimum atomic E-state index is -0.446. The maximum Gasteiger partial charge on any atom is 0.336 e. The quantitative estimate of drug-likeness (QED) is 0.362. The first-order valence-electron chi connectivity index (χ1n) is 12.7. The predicted molar refractivity (Wildman–Crippen MR) is 148 cm³/mol. The molecule has 0 spiro atoms. The van der Waals surface area contributed by atoms with Crippen molar-refractivity contribution in [3.8, 4) is 0 Å². The zero-order valence-electron chi connectivity index (χ0n) is 21.6. The van der Waals surface area contributed by atoms with Gasteiger partial charge in [-0.15, -0.1) is 0 Å². The number of rotatable bonds is 9. The highest BCUT2D eigenvalue weighted by molar-refractivity contribution is 6.30. The summed E-state index contributed by atoms with van der Waals surface area (Å²) in [6, 6.07) is 24.4. The van der Waals surface area contributed by atoms with Crippen molar-refractivity contribution in [2.45, 2.75) is 39.2 Å². The van der Waals surface area contributed by atoms with Gasteiger partial charge in [-0.05, 0) is 61.2 Å². The molecule has 2 amide bonds. The van der Waals surface area contributed by atoms with Crippen LogP contribution in [0, 0.1) is 0 Å². The third kappa shape index (κ3) is 6.50. The van der Waals surface area contributed by atoms with Crippen LogP contribution >= 0.6 is 11.6 Å². The summed E-state index contributed by atoms with van der Waals surface area (Å²) in [5.74, 6) is -1.18. The zero-order chi connectivity index (χ0) is 27.1. The lowest BCUT2D eigenvalue weighted by atomic mass is 9.83. The summed E-state index contributed by atoms with van der Waals surface area (Å²) in [5, 5.41) is 3.50. The lowest BCUT2D eigenvalue weighted by molar-refractivity contribution is -0.140. The van der Waals surface area contributed by atoms with Gasteiger partial charge in [0.25, 0.3) is 5.91 Å². The Kier molecular flexibility index (Phi) is 8.98. The van der Waals surface area contributed by atoms with Crippen LogP contribution in [0.2, 0.25) is 5.02 Å². The van der Waals surface area contributed by atoms with Crippen LogP contribution in [0.15, 0.2) is 90.1 Å². The van der Waals surface area contributed by atoms with Crippen molar-refractivity contribution in [2.24, 2.45) is 0 Å². The van der Waals surface area contributed by atoms with Gasteiger partial charge in [-0.2, -0.15) is 0 Å². The third-order valence-electron chi connectivity index (χ3n) is 6.64. The number of halogens is 1. The maximum absolute atomic E-state index is 13.3. The van der Waals surface area contributed by atoms with E-state index < -0.39 is 11.9 Å². The maximum atomic E-state index is 13.3. The SMILES string of the molecule is CCOC(=O)C1=C(C)N(Cc2cccc(C(=O)NCCc3ccccc3)c2)C(=O)CC1c1cccc(Cl)c1. The summed E-state index contributed by atoms with van der Waals surface area (Å²) in [6.07, 6.45) is 0.856. The number of nitrogens with one attached hydrogen (secondary N) is 1. The average molecular weight is 531 g/mol. The van der Waals surface area contributed by atoms with E-state index in [1.807, 2.05) is 48.5 Å². The molecule has 196 valence electrons. The number of ether oxygens (including phenoxy) is 1. The molecule has 0 aromatic heterocycles. The van der Waals surface area contributed by atoms with Crippen molar-refractivity contribution in [1.29, 1.82) is 0 Å². The Bertz CT molecular complexity index is 1350. The normalized spacial score (nSPS) is 15.4. The number of nitrogens with zero attached hydrogens (tertiary/aromatic N) is 1. The van der Waals surface area contributed by atoms with Crippen molar-refractivity contribution < 1.29 is 19.1 Å². The van der Waals surface area contributed by atoms with Gasteiger partial charge in [-0.3, -0.25) is 9.59 Å². The van der Waals surface area contributed by atoms with Crippen LogP contribution in [0.5, 0.6) is 0 Å². The van der Waals surface area contributed by atoms with E-state index in [0.29, 0.717) is 28.4 Å². The number of carbonyl (C=O) groups excluding carboxylic acids is 3. The molecule has 1 aliphatic heterocycles. The van der Waals surface area contributed by atoms with E-state index in [9.17, 15) is 14.4 Å². The minimum Gasteiger partial charge on any atom is -0.463 e. The first kappa shape index (κ1) is 27.1. The highest BCUT2D eigenvalue weighted by atomic mass is 35.5. The van der Waals surface area contributed by atoms with Crippen molar-refractivity contribution in [3.05, 3.63) is 117 Å². The van der Waals surface area contributed by atoms with Crippen molar-refractivity contribution in [2.75, 3.05) is 13.2 Å². The number of allylic oxidation sites excluding steroid dienone is 1. The zero-order valence-corrected chi connectivity index (χ0v) is 22.3. The summed E-state index contributed by atoms with van der Waals surface area (Å²) >= 11 is 6.20. The Balaban J connectivity index is 1.53. The molecule has 1 aliphatic rings. The van der Waals surface area contributed by atoms with Crippen molar-refractivity contribution >= 4 is 29.4 Å². The number of benzene rings is 3. The van der Waals surface area contributed by atoms with Gasteiger partial charge in [-0.1, -0.05) is 66.2 Å². The van der Waals surface area contributed by atoms with Gasteiger partial charge >= 0.3 is 5.97 Å².